The molecule has 4 nitrogen and oxygen atoms in total. The Hall–Kier alpha value is -2.02. The lowest BCUT2D eigenvalue weighted by molar-refractivity contribution is -0.117. The third-order valence-corrected chi connectivity index (χ3v) is 2.85. The quantitative estimate of drug-likeness (QED) is 0.802. The predicted molar refractivity (Wildman–Crippen MR) is 67.8 cm³/mol. The molecule has 0 fully saturated rings. The summed E-state index contributed by atoms with van der Waals surface area (Å²) in [6.07, 6.45) is 0.146. The first-order valence-corrected chi connectivity index (χ1v) is 5.60. The highest BCUT2D eigenvalue weighted by atomic mass is 16.5. The van der Waals surface area contributed by atoms with E-state index in [1.165, 1.54) is 14.0 Å². The average molecular weight is 247 g/mol. The lowest BCUT2D eigenvalue weighted by atomic mass is 9.79. The average Bonchev–Trinajstić information content (AvgIpc) is 2.37. The van der Waals surface area contributed by atoms with E-state index in [2.05, 4.69) is 6.07 Å². The highest BCUT2D eigenvalue weighted by Gasteiger charge is 2.31. The van der Waals surface area contributed by atoms with Gasteiger partial charge in [-0.15, -0.1) is 0 Å². The maximum Gasteiger partial charge on any atom is 0.131 e. The van der Waals surface area contributed by atoms with Gasteiger partial charge >= 0.3 is 0 Å². The minimum Gasteiger partial charge on any atom is -0.497 e. The van der Waals surface area contributed by atoms with Crippen molar-refractivity contribution in [2.24, 2.45) is 0 Å². The van der Waals surface area contributed by atoms with Crippen molar-refractivity contribution in [3.8, 4) is 17.6 Å². The van der Waals surface area contributed by atoms with Gasteiger partial charge < -0.3 is 9.47 Å². The van der Waals surface area contributed by atoms with Gasteiger partial charge in [-0.05, 0) is 32.0 Å². The van der Waals surface area contributed by atoms with Crippen molar-refractivity contribution in [2.45, 2.75) is 25.7 Å². The number of ether oxygens (including phenoxy) is 2. The number of rotatable bonds is 5. The second-order valence-electron chi connectivity index (χ2n) is 4.39. The van der Waals surface area contributed by atoms with Crippen molar-refractivity contribution in [3.63, 3.8) is 0 Å². The molecule has 0 aliphatic heterocycles. The summed E-state index contributed by atoms with van der Waals surface area (Å²) in [5.74, 6) is 1.18. The molecule has 0 radical (unpaired) electrons. The van der Waals surface area contributed by atoms with E-state index >= 15 is 0 Å². The number of nitrogens with zero attached hydrogens (tertiary/aromatic N) is 1. The van der Waals surface area contributed by atoms with E-state index in [4.69, 9.17) is 9.47 Å². The van der Waals surface area contributed by atoms with E-state index in [1.807, 2.05) is 0 Å². The van der Waals surface area contributed by atoms with E-state index in [0.29, 0.717) is 17.1 Å². The molecule has 0 spiro atoms. The molecule has 0 heterocycles. The monoisotopic (exact) mass is 247 g/mol. The normalized spacial score (nSPS) is 13.3. The molecule has 0 amide bonds. The van der Waals surface area contributed by atoms with Crippen molar-refractivity contribution in [3.05, 3.63) is 23.8 Å². The van der Waals surface area contributed by atoms with Gasteiger partial charge in [0.2, 0.25) is 0 Å². The Balaban J connectivity index is 3.35. The third kappa shape index (κ3) is 2.80. The largest absolute Gasteiger partial charge is 0.497 e. The fourth-order valence-corrected chi connectivity index (χ4v) is 1.94. The number of hydrogen-bond donors (Lipinski definition) is 0. The van der Waals surface area contributed by atoms with Crippen LogP contribution in [0.15, 0.2) is 18.2 Å². The molecule has 1 rings (SSSR count). The summed E-state index contributed by atoms with van der Waals surface area (Å²) >= 11 is 0. The summed E-state index contributed by atoms with van der Waals surface area (Å²) in [5, 5.41) is 9.37. The molecule has 0 aliphatic rings. The lowest BCUT2D eigenvalue weighted by Crippen LogP contribution is -2.23. The standard InChI is InChI=1S/C14H17NO3/c1-10(16)8-14(2,9-15)12-7-11(17-3)5-6-13(12)18-4/h5-7H,8H2,1-4H3. The summed E-state index contributed by atoms with van der Waals surface area (Å²) in [7, 11) is 3.09. The van der Waals surface area contributed by atoms with Crippen LogP contribution < -0.4 is 9.47 Å². The van der Waals surface area contributed by atoms with Crippen molar-refractivity contribution in [1.82, 2.24) is 0 Å². The van der Waals surface area contributed by atoms with Gasteiger partial charge in [-0.1, -0.05) is 0 Å². The summed E-state index contributed by atoms with van der Waals surface area (Å²) < 4.78 is 10.4. The van der Waals surface area contributed by atoms with Gasteiger partial charge in [-0.25, -0.2) is 0 Å². The third-order valence-electron chi connectivity index (χ3n) is 2.85. The molecule has 0 aromatic heterocycles. The van der Waals surface area contributed by atoms with Crippen LogP contribution in [0.4, 0.5) is 0 Å². The minimum absolute atomic E-state index is 0.0380. The number of ketones is 1. The molecule has 4 heteroatoms. The number of carbonyl (C=O) groups is 1. The molecule has 0 N–H and O–H groups in total. The number of nitriles is 1. The van der Waals surface area contributed by atoms with Crippen molar-refractivity contribution < 1.29 is 14.3 Å². The van der Waals surface area contributed by atoms with Gasteiger partial charge in [0, 0.05) is 12.0 Å². The lowest BCUT2D eigenvalue weighted by Gasteiger charge is -2.23. The van der Waals surface area contributed by atoms with Gasteiger partial charge in [0.05, 0.1) is 25.7 Å². The molecule has 0 bridgehead atoms. The molecule has 1 aromatic carbocycles. The molecule has 1 atom stereocenters. The number of Topliss-reactive ketones (excluding diaryl/α,β-unsaturated/α-hetero) is 1. The first-order chi connectivity index (χ1) is 8.46. The zero-order valence-corrected chi connectivity index (χ0v) is 11.1. The first-order valence-electron chi connectivity index (χ1n) is 5.60. The van der Waals surface area contributed by atoms with Gasteiger partial charge in [0.25, 0.3) is 0 Å². The Morgan fingerprint density at radius 3 is 2.50 bits per heavy atom. The minimum atomic E-state index is -0.911. The fourth-order valence-electron chi connectivity index (χ4n) is 1.94. The second kappa shape index (κ2) is 5.54. The predicted octanol–water partition coefficient (Wildman–Crippen LogP) is 2.46. The topological polar surface area (TPSA) is 59.3 Å². The van der Waals surface area contributed by atoms with E-state index in [1.54, 1.807) is 32.2 Å². The molecule has 1 aromatic rings. The number of hydrogen-bond acceptors (Lipinski definition) is 4. The van der Waals surface area contributed by atoms with Crippen LogP contribution in [-0.4, -0.2) is 20.0 Å². The SMILES string of the molecule is COc1ccc(OC)c(C(C)(C#N)CC(C)=O)c1. The zero-order chi connectivity index (χ0) is 13.8. The van der Waals surface area contributed by atoms with Gasteiger partial charge in [-0.3, -0.25) is 4.79 Å². The maximum atomic E-state index is 11.3. The fraction of sp³-hybridized carbons (Fsp3) is 0.429. The van der Waals surface area contributed by atoms with Gasteiger partial charge in [0.15, 0.2) is 0 Å². The van der Waals surface area contributed by atoms with Gasteiger partial charge in [-0.2, -0.15) is 5.26 Å². The van der Waals surface area contributed by atoms with Crippen LogP contribution in [-0.2, 0) is 10.2 Å². The number of carbonyl (C=O) groups excluding carboxylic acids is 1. The molecule has 18 heavy (non-hydrogen) atoms. The Labute approximate surface area is 107 Å². The molecule has 96 valence electrons. The van der Waals surface area contributed by atoms with Crippen molar-refractivity contribution >= 4 is 5.78 Å². The molecule has 0 aliphatic carbocycles. The van der Waals surface area contributed by atoms with Crippen LogP contribution >= 0.6 is 0 Å². The van der Waals surface area contributed by atoms with Crippen LogP contribution in [0, 0.1) is 11.3 Å². The van der Waals surface area contributed by atoms with Crippen LogP contribution in [0.3, 0.4) is 0 Å². The molecule has 0 saturated carbocycles. The summed E-state index contributed by atoms with van der Waals surface area (Å²) in [5.41, 5.74) is -0.242. The molecule has 1 unspecified atom stereocenters. The Bertz CT molecular complexity index is 490. The molecular weight excluding hydrogens is 230 g/mol. The van der Waals surface area contributed by atoms with Crippen LogP contribution in [0.1, 0.15) is 25.8 Å². The second-order valence-corrected chi connectivity index (χ2v) is 4.39. The van der Waals surface area contributed by atoms with Crippen molar-refractivity contribution in [2.75, 3.05) is 14.2 Å². The maximum absolute atomic E-state index is 11.3. The van der Waals surface area contributed by atoms with E-state index < -0.39 is 5.41 Å². The smallest absolute Gasteiger partial charge is 0.131 e. The van der Waals surface area contributed by atoms with Crippen LogP contribution in [0.5, 0.6) is 11.5 Å². The summed E-state index contributed by atoms with van der Waals surface area (Å²) in [4.78, 5) is 11.3. The van der Waals surface area contributed by atoms with Crippen LogP contribution in [0.2, 0.25) is 0 Å². The van der Waals surface area contributed by atoms with Crippen LogP contribution in [0.25, 0.3) is 0 Å². The highest BCUT2D eigenvalue weighted by molar-refractivity contribution is 5.78. The number of benzene rings is 1. The van der Waals surface area contributed by atoms with E-state index in [-0.39, 0.29) is 12.2 Å². The highest BCUT2D eigenvalue weighted by Crippen LogP contribution is 2.36. The van der Waals surface area contributed by atoms with Gasteiger partial charge in [0.1, 0.15) is 17.3 Å². The van der Waals surface area contributed by atoms with Crippen molar-refractivity contribution in [1.29, 1.82) is 5.26 Å². The number of methoxy groups -OCH3 is 2. The van der Waals surface area contributed by atoms with E-state index in [9.17, 15) is 10.1 Å². The Morgan fingerprint density at radius 2 is 2.06 bits per heavy atom. The summed E-state index contributed by atoms with van der Waals surface area (Å²) in [6, 6.07) is 7.43. The van der Waals surface area contributed by atoms with E-state index in [0.717, 1.165) is 0 Å². The Kier molecular flexibility index (Phi) is 4.33. The molecular formula is C14H17NO3. The zero-order valence-electron chi connectivity index (χ0n) is 11.1. The first kappa shape index (κ1) is 14.0. The molecule has 0 saturated heterocycles. The summed E-state index contributed by atoms with van der Waals surface area (Å²) in [6.45, 7) is 3.20. The Morgan fingerprint density at radius 1 is 1.39 bits per heavy atom.